The van der Waals surface area contributed by atoms with Crippen LogP contribution in [0.3, 0.4) is 0 Å². The van der Waals surface area contributed by atoms with Gasteiger partial charge in [-0.3, -0.25) is 18.9 Å². The van der Waals surface area contributed by atoms with Crippen molar-refractivity contribution in [2.24, 2.45) is 0 Å². The molecule has 1 aliphatic heterocycles. The first-order valence-electron chi connectivity index (χ1n) is 9.56. The van der Waals surface area contributed by atoms with Crippen molar-refractivity contribution in [2.75, 3.05) is 31.7 Å². The molecule has 1 fully saturated rings. The third kappa shape index (κ3) is 4.72. The first-order chi connectivity index (χ1) is 14.3. The number of aliphatic hydroxyl groups excluding tert-OH is 1. The number of pyridine rings is 1. The number of aliphatic hydroxyl groups is 1. The first-order valence-corrected chi connectivity index (χ1v) is 10.8. The molecule has 0 aliphatic carbocycles. The fraction of sp³-hybridized carbons (Fsp3) is 0.400. The van der Waals surface area contributed by atoms with Crippen LogP contribution < -0.4 is 10.9 Å². The summed E-state index contributed by atoms with van der Waals surface area (Å²) in [4.78, 5) is 32.5. The molecule has 1 amide bonds. The third-order valence-electron chi connectivity index (χ3n) is 4.40. The van der Waals surface area contributed by atoms with Gasteiger partial charge in [0.1, 0.15) is 15.8 Å². The minimum atomic E-state index is -0.280. The van der Waals surface area contributed by atoms with E-state index >= 15 is 0 Å². The second-order valence-electron chi connectivity index (χ2n) is 7.02. The minimum Gasteiger partial charge on any atom is -0.394 e. The second-order valence-corrected chi connectivity index (χ2v) is 8.70. The zero-order valence-electron chi connectivity index (χ0n) is 17.0. The van der Waals surface area contributed by atoms with E-state index in [-0.39, 0.29) is 36.3 Å². The Kier molecular flexibility index (Phi) is 7.24. The van der Waals surface area contributed by atoms with Crippen molar-refractivity contribution < 1.29 is 14.6 Å². The summed E-state index contributed by atoms with van der Waals surface area (Å²) in [6, 6.07) is 3.58. The van der Waals surface area contributed by atoms with Gasteiger partial charge >= 0.3 is 0 Å². The SMILES string of the molecule is Cc1ccc2nc(NCCOCCO)c(C=C3SC(=S)N(C(C)C)C3=O)c(=O)n2c1. The molecule has 0 aromatic carbocycles. The fourth-order valence-corrected chi connectivity index (χ4v) is 4.49. The molecule has 0 saturated carbocycles. The molecular weight excluding hydrogens is 424 g/mol. The quantitative estimate of drug-likeness (QED) is 0.360. The van der Waals surface area contributed by atoms with Crippen LogP contribution in [0.2, 0.25) is 0 Å². The molecule has 2 aromatic heterocycles. The number of nitrogens with zero attached hydrogens (tertiary/aromatic N) is 3. The van der Waals surface area contributed by atoms with Gasteiger partial charge in [0.25, 0.3) is 11.5 Å². The van der Waals surface area contributed by atoms with Crippen LogP contribution in [0, 0.1) is 6.92 Å². The molecule has 0 spiro atoms. The van der Waals surface area contributed by atoms with Crippen LogP contribution in [0.1, 0.15) is 25.0 Å². The van der Waals surface area contributed by atoms with Crippen LogP contribution in [-0.4, -0.2) is 62.0 Å². The van der Waals surface area contributed by atoms with Crippen molar-refractivity contribution in [3.05, 3.63) is 44.7 Å². The highest BCUT2D eigenvalue weighted by Gasteiger charge is 2.34. The molecule has 2 aromatic rings. The van der Waals surface area contributed by atoms with Gasteiger partial charge in [-0.2, -0.15) is 0 Å². The first kappa shape index (κ1) is 22.4. The van der Waals surface area contributed by atoms with Gasteiger partial charge in [0.15, 0.2) is 0 Å². The summed E-state index contributed by atoms with van der Waals surface area (Å²) in [5.41, 5.74) is 1.42. The maximum absolute atomic E-state index is 13.2. The Morgan fingerprint density at radius 3 is 2.77 bits per heavy atom. The van der Waals surface area contributed by atoms with Crippen LogP contribution in [0.25, 0.3) is 11.7 Å². The van der Waals surface area contributed by atoms with E-state index in [1.165, 1.54) is 21.1 Å². The zero-order valence-corrected chi connectivity index (χ0v) is 18.7. The number of rotatable bonds is 8. The van der Waals surface area contributed by atoms with Crippen molar-refractivity contribution in [2.45, 2.75) is 26.8 Å². The Labute approximate surface area is 183 Å². The van der Waals surface area contributed by atoms with Crippen molar-refractivity contribution >= 4 is 51.7 Å². The molecule has 30 heavy (non-hydrogen) atoms. The predicted molar refractivity (Wildman–Crippen MR) is 123 cm³/mol. The summed E-state index contributed by atoms with van der Waals surface area (Å²) in [7, 11) is 0. The molecule has 8 nitrogen and oxygen atoms in total. The molecule has 0 radical (unpaired) electrons. The van der Waals surface area contributed by atoms with Crippen LogP contribution in [0.4, 0.5) is 5.82 Å². The van der Waals surface area contributed by atoms with E-state index in [1.54, 1.807) is 18.3 Å². The Balaban J connectivity index is 2.03. The van der Waals surface area contributed by atoms with Crippen LogP contribution in [0.5, 0.6) is 0 Å². The smallest absolute Gasteiger partial charge is 0.267 e. The highest BCUT2D eigenvalue weighted by atomic mass is 32.2. The monoisotopic (exact) mass is 448 g/mol. The molecule has 3 heterocycles. The van der Waals surface area contributed by atoms with Crippen LogP contribution in [-0.2, 0) is 9.53 Å². The highest BCUT2D eigenvalue weighted by Crippen LogP contribution is 2.34. The largest absolute Gasteiger partial charge is 0.394 e. The molecule has 0 bridgehead atoms. The topological polar surface area (TPSA) is 96.2 Å². The third-order valence-corrected chi connectivity index (χ3v) is 5.73. The standard InChI is InChI=1S/C20H24N4O4S2/c1-12(2)24-19(27)15(30-20(24)29)10-14-17(21-6-8-28-9-7-25)22-16-5-4-13(3)11-23(16)18(14)26/h4-5,10-12,21,25H,6-9H2,1-3H3. The summed E-state index contributed by atoms with van der Waals surface area (Å²) < 4.78 is 7.20. The molecule has 3 rings (SSSR count). The molecule has 10 heteroatoms. The summed E-state index contributed by atoms with van der Waals surface area (Å²) in [6.07, 6.45) is 3.28. The van der Waals surface area contributed by atoms with Crippen molar-refractivity contribution in [3.8, 4) is 0 Å². The van der Waals surface area contributed by atoms with Crippen LogP contribution >= 0.6 is 24.0 Å². The minimum absolute atomic E-state index is 0.0577. The normalized spacial score (nSPS) is 15.8. The van der Waals surface area contributed by atoms with E-state index < -0.39 is 0 Å². The molecule has 160 valence electrons. The van der Waals surface area contributed by atoms with Gasteiger partial charge in [-0.25, -0.2) is 4.98 Å². The van der Waals surface area contributed by atoms with E-state index in [2.05, 4.69) is 10.3 Å². The lowest BCUT2D eigenvalue weighted by Crippen LogP contribution is -2.34. The van der Waals surface area contributed by atoms with Gasteiger partial charge in [0, 0.05) is 18.8 Å². The predicted octanol–water partition coefficient (Wildman–Crippen LogP) is 2.03. The summed E-state index contributed by atoms with van der Waals surface area (Å²) in [5, 5.41) is 11.9. The maximum Gasteiger partial charge on any atom is 0.267 e. The molecule has 0 unspecified atom stereocenters. The Morgan fingerprint density at radius 2 is 2.10 bits per heavy atom. The number of fused-ring (bicyclic) bond motifs is 1. The van der Waals surface area contributed by atoms with Gasteiger partial charge in [-0.1, -0.05) is 30.0 Å². The van der Waals surface area contributed by atoms with E-state index in [4.69, 9.17) is 22.1 Å². The number of aryl methyl sites for hydroxylation is 1. The second kappa shape index (κ2) is 9.69. The number of ether oxygens (including phenoxy) is 1. The van der Waals surface area contributed by atoms with Gasteiger partial charge in [-0.05, 0) is 38.5 Å². The van der Waals surface area contributed by atoms with Crippen molar-refractivity contribution in [1.29, 1.82) is 0 Å². The lowest BCUT2D eigenvalue weighted by molar-refractivity contribution is -0.123. The van der Waals surface area contributed by atoms with Gasteiger partial charge < -0.3 is 15.2 Å². The summed E-state index contributed by atoms with van der Waals surface area (Å²) in [5.74, 6) is 0.150. The number of anilines is 1. The van der Waals surface area contributed by atoms with E-state index in [0.29, 0.717) is 33.8 Å². The lowest BCUT2D eigenvalue weighted by Gasteiger charge is -2.18. The zero-order chi connectivity index (χ0) is 21.8. The number of hydrogen-bond acceptors (Lipinski definition) is 8. The van der Waals surface area contributed by atoms with Gasteiger partial charge in [0.2, 0.25) is 0 Å². The number of nitrogens with one attached hydrogen (secondary N) is 1. The summed E-state index contributed by atoms with van der Waals surface area (Å²) in [6.45, 7) is 6.58. The van der Waals surface area contributed by atoms with Gasteiger partial charge in [-0.15, -0.1) is 0 Å². The van der Waals surface area contributed by atoms with Crippen molar-refractivity contribution in [1.82, 2.24) is 14.3 Å². The lowest BCUT2D eigenvalue weighted by atomic mass is 10.2. The van der Waals surface area contributed by atoms with Gasteiger partial charge in [0.05, 0.1) is 30.3 Å². The number of thiocarbonyl (C=S) groups is 1. The Hall–Kier alpha value is -2.27. The molecule has 1 aliphatic rings. The Bertz CT molecular complexity index is 1060. The highest BCUT2D eigenvalue weighted by molar-refractivity contribution is 8.26. The van der Waals surface area contributed by atoms with E-state index in [0.717, 1.165) is 5.56 Å². The maximum atomic E-state index is 13.2. The van der Waals surface area contributed by atoms with E-state index in [9.17, 15) is 9.59 Å². The van der Waals surface area contributed by atoms with Crippen LogP contribution in [0.15, 0.2) is 28.0 Å². The number of carbonyl (C=O) groups excluding carboxylic acids is 1. The summed E-state index contributed by atoms with van der Waals surface area (Å²) >= 11 is 6.51. The number of amides is 1. The molecular formula is C20H24N4O4S2. The number of aromatic nitrogens is 2. The average molecular weight is 449 g/mol. The average Bonchev–Trinajstić information content (AvgIpc) is 2.98. The van der Waals surface area contributed by atoms with Crippen molar-refractivity contribution in [3.63, 3.8) is 0 Å². The van der Waals surface area contributed by atoms with E-state index in [1.807, 2.05) is 26.8 Å². The Morgan fingerprint density at radius 1 is 1.33 bits per heavy atom. The fourth-order valence-electron chi connectivity index (χ4n) is 2.99. The number of thioether (sulfide) groups is 1. The molecule has 0 atom stereocenters. The molecule has 2 N–H and O–H groups in total. The molecule has 1 saturated heterocycles. The number of hydrogen-bond donors (Lipinski definition) is 2. The number of carbonyl (C=O) groups is 1.